The van der Waals surface area contributed by atoms with Crippen molar-refractivity contribution in [3.63, 3.8) is 0 Å². The number of aliphatic hydroxyl groups is 1. The first-order valence-corrected chi connectivity index (χ1v) is 7.07. The number of hydrogen-bond acceptors (Lipinski definition) is 2. The van der Waals surface area contributed by atoms with Crippen LogP contribution in [0.1, 0.15) is 32.8 Å². The molecule has 0 aliphatic rings. The highest BCUT2D eigenvalue weighted by atomic mass is 79.9. The van der Waals surface area contributed by atoms with Crippen LogP contribution in [0.3, 0.4) is 0 Å². The summed E-state index contributed by atoms with van der Waals surface area (Å²) in [6, 6.07) is 2.56. The van der Waals surface area contributed by atoms with Crippen LogP contribution in [0.25, 0.3) is 0 Å². The topological polar surface area (TPSA) is 32.3 Å². The van der Waals surface area contributed by atoms with Gasteiger partial charge < -0.3 is 10.4 Å². The van der Waals surface area contributed by atoms with Crippen LogP contribution in [0.4, 0.5) is 8.78 Å². The monoisotopic (exact) mass is 335 g/mol. The van der Waals surface area contributed by atoms with Gasteiger partial charge in [-0.15, -0.1) is 0 Å². The van der Waals surface area contributed by atoms with Gasteiger partial charge in [-0.05, 0) is 47.3 Å². The van der Waals surface area contributed by atoms with Gasteiger partial charge >= 0.3 is 0 Å². The van der Waals surface area contributed by atoms with Crippen molar-refractivity contribution in [2.45, 2.75) is 39.3 Å². The van der Waals surface area contributed by atoms with E-state index in [1.165, 1.54) is 12.1 Å². The summed E-state index contributed by atoms with van der Waals surface area (Å²) in [6.07, 6.45) is 0.628. The second kappa shape index (κ2) is 6.77. The van der Waals surface area contributed by atoms with Crippen LogP contribution in [0.2, 0.25) is 0 Å². The van der Waals surface area contributed by atoms with Gasteiger partial charge in [-0.2, -0.15) is 0 Å². The van der Waals surface area contributed by atoms with Gasteiger partial charge in [0.25, 0.3) is 0 Å². The molecule has 0 saturated carbocycles. The van der Waals surface area contributed by atoms with Crippen molar-refractivity contribution in [2.75, 3.05) is 6.54 Å². The molecule has 0 radical (unpaired) electrons. The Morgan fingerprint density at radius 1 is 1.37 bits per heavy atom. The quantitative estimate of drug-likeness (QED) is 0.778. The summed E-state index contributed by atoms with van der Waals surface area (Å²) in [5, 5.41) is 13.0. The summed E-state index contributed by atoms with van der Waals surface area (Å²) in [5.41, 5.74) is -0.901. The molecule has 0 bridgehead atoms. The van der Waals surface area contributed by atoms with E-state index >= 15 is 0 Å². The molecule has 0 aliphatic carbocycles. The molecule has 19 heavy (non-hydrogen) atoms. The van der Waals surface area contributed by atoms with Gasteiger partial charge in [0.05, 0.1) is 10.1 Å². The Morgan fingerprint density at radius 2 is 2.00 bits per heavy atom. The van der Waals surface area contributed by atoms with E-state index in [-0.39, 0.29) is 23.1 Å². The molecule has 0 amide bonds. The maximum atomic E-state index is 13.7. The summed E-state index contributed by atoms with van der Waals surface area (Å²) in [5.74, 6) is -0.830. The highest BCUT2D eigenvalue weighted by Crippen LogP contribution is 2.22. The number of rotatable bonds is 6. The van der Waals surface area contributed by atoms with E-state index in [9.17, 15) is 13.9 Å². The molecule has 1 aromatic rings. The average molecular weight is 336 g/mol. The van der Waals surface area contributed by atoms with Crippen molar-refractivity contribution in [3.8, 4) is 0 Å². The van der Waals surface area contributed by atoms with Crippen molar-refractivity contribution >= 4 is 15.9 Å². The second-order valence-corrected chi connectivity index (χ2v) is 6.37. The summed E-state index contributed by atoms with van der Waals surface area (Å²) in [6.45, 7) is 6.08. The molecule has 1 unspecified atom stereocenters. The van der Waals surface area contributed by atoms with E-state index in [1.807, 2.05) is 13.8 Å². The first-order chi connectivity index (χ1) is 8.73. The molecule has 0 aromatic heterocycles. The van der Waals surface area contributed by atoms with E-state index in [0.29, 0.717) is 12.3 Å². The Morgan fingerprint density at radius 3 is 2.58 bits per heavy atom. The number of hydrogen-bond donors (Lipinski definition) is 2. The van der Waals surface area contributed by atoms with Crippen LogP contribution in [0.15, 0.2) is 16.6 Å². The van der Waals surface area contributed by atoms with Gasteiger partial charge in [0.15, 0.2) is 0 Å². The van der Waals surface area contributed by atoms with E-state index in [4.69, 9.17) is 0 Å². The lowest BCUT2D eigenvalue weighted by Crippen LogP contribution is -2.38. The minimum atomic E-state index is -0.882. The van der Waals surface area contributed by atoms with Crippen molar-refractivity contribution in [2.24, 2.45) is 5.92 Å². The fourth-order valence-corrected chi connectivity index (χ4v) is 2.51. The summed E-state index contributed by atoms with van der Waals surface area (Å²) in [4.78, 5) is 0. The predicted molar refractivity (Wildman–Crippen MR) is 75.8 cm³/mol. The molecular formula is C14H20BrF2NO. The number of nitrogens with one attached hydrogen (secondary N) is 1. The standard InChI is InChI=1S/C14H20BrF2NO/c1-9(2)6-14(3,19)8-18-7-10-12(16)5-4-11(15)13(10)17/h4-5,9,18-19H,6-8H2,1-3H3. The largest absolute Gasteiger partial charge is 0.389 e. The zero-order chi connectivity index (χ0) is 14.6. The van der Waals surface area contributed by atoms with Gasteiger partial charge in [0.2, 0.25) is 0 Å². The third kappa shape index (κ3) is 5.16. The molecule has 0 fully saturated rings. The van der Waals surface area contributed by atoms with Gasteiger partial charge in [0.1, 0.15) is 11.6 Å². The Bertz CT molecular complexity index is 436. The van der Waals surface area contributed by atoms with Crippen molar-refractivity contribution in [1.82, 2.24) is 5.32 Å². The zero-order valence-electron chi connectivity index (χ0n) is 11.4. The SMILES string of the molecule is CC(C)CC(C)(O)CNCc1c(F)ccc(Br)c1F. The molecule has 2 N–H and O–H groups in total. The molecule has 5 heteroatoms. The van der Waals surface area contributed by atoms with E-state index < -0.39 is 17.2 Å². The third-order valence-corrected chi connectivity index (χ3v) is 3.41. The second-order valence-electron chi connectivity index (χ2n) is 5.52. The Balaban J connectivity index is 2.61. The van der Waals surface area contributed by atoms with Gasteiger partial charge in [-0.25, -0.2) is 8.78 Å². The van der Waals surface area contributed by atoms with Crippen LogP contribution in [-0.4, -0.2) is 17.3 Å². The Labute approximate surface area is 121 Å². The summed E-state index contributed by atoms with van der Waals surface area (Å²) < 4.78 is 27.4. The van der Waals surface area contributed by atoms with Crippen molar-refractivity contribution in [1.29, 1.82) is 0 Å². The first-order valence-electron chi connectivity index (χ1n) is 6.28. The van der Waals surface area contributed by atoms with Gasteiger partial charge in [-0.1, -0.05) is 13.8 Å². The maximum Gasteiger partial charge on any atom is 0.144 e. The first kappa shape index (κ1) is 16.5. The van der Waals surface area contributed by atoms with Crippen LogP contribution < -0.4 is 5.32 Å². The number of halogens is 3. The van der Waals surface area contributed by atoms with Crippen molar-refractivity contribution < 1.29 is 13.9 Å². The van der Waals surface area contributed by atoms with Crippen LogP contribution in [-0.2, 0) is 6.54 Å². The highest BCUT2D eigenvalue weighted by molar-refractivity contribution is 9.10. The molecule has 1 rings (SSSR count). The molecule has 108 valence electrons. The predicted octanol–water partition coefficient (Wildman–Crippen LogP) is 3.61. The smallest absolute Gasteiger partial charge is 0.144 e. The summed E-state index contributed by atoms with van der Waals surface area (Å²) >= 11 is 3.03. The highest BCUT2D eigenvalue weighted by Gasteiger charge is 2.22. The molecule has 0 aliphatic heterocycles. The lowest BCUT2D eigenvalue weighted by Gasteiger charge is -2.25. The molecule has 1 aromatic carbocycles. The van der Waals surface area contributed by atoms with Gasteiger partial charge in [-0.3, -0.25) is 0 Å². The van der Waals surface area contributed by atoms with E-state index in [2.05, 4.69) is 21.2 Å². The fraction of sp³-hybridized carbons (Fsp3) is 0.571. The minimum Gasteiger partial charge on any atom is -0.389 e. The van der Waals surface area contributed by atoms with Gasteiger partial charge in [0, 0.05) is 18.7 Å². The molecule has 0 heterocycles. The Hall–Kier alpha value is -0.520. The zero-order valence-corrected chi connectivity index (χ0v) is 13.0. The minimum absolute atomic E-state index is 0.0188. The average Bonchev–Trinajstić information content (AvgIpc) is 2.26. The molecule has 1 atom stereocenters. The molecule has 0 saturated heterocycles. The molecule has 0 spiro atoms. The Kier molecular flexibility index (Phi) is 5.89. The van der Waals surface area contributed by atoms with Crippen LogP contribution in [0.5, 0.6) is 0 Å². The van der Waals surface area contributed by atoms with Crippen LogP contribution in [0, 0.1) is 17.6 Å². The molecule has 2 nitrogen and oxygen atoms in total. The number of benzene rings is 1. The van der Waals surface area contributed by atoms with E-state index in [1.54, 1.807) is 6.92 Å². The van der Waals surface area contributed by atoms with Crippen molar-refractivity contribution in [3.05, 3.63) is 33.8 Å². The molecular weight excluding hydrogens is 316 g/mol. The maximum absolute atomic E-state index is 13.7. The lowest BCUT2D eigenvalue weighted by molar-refractivity contribution is 0.0382. The summed E-state index contributed by atoms with van der Waals surface area (Å²) in [7, 11) is 0. The van der Waals surface area contributed by atoms with E-state index in [0.717, 1.165) is 0 Å². The normalized spacial score (nSPS) is 14.7. The third-order valence-electron chi connectivity index (χ3n) is 2.79. The fourth-order valence-electron chi connectivity index (χ4n) is 2.14. The van der Waals surface area contributed by atoms with Crippen LogP contribution >= 0.6 is 15.9 Å². The lowest BCUT2D eigenvalue weighted by atomic mass is 9.94.